The number of benzene rings is 2. The molecule has 3 rings (SSSR count). The zero-order valence-electron chi connectivity index (χ0n) is 17.1. The average Bonchev–Trinajstić information content (AvgIpc) is 2.79. The van der Waals surface area contributed by atoms with Gasteiger partial charge in [-0.15, -0.1) is 4.83 Å². The van der Waals surface area contributed by atoms with Crippen molar-refractivity contribution >= 4 is 32.4 Å². The van der Waals surface area contributed by atoms with E-state index >= 15 is 0 Å². The summed E-state index contributed by atoms with van der Waals surface area (Å²) in [6, 6.07) is 9.28. The smallest absolute Gasteiger partial charge is 0.287 e. The van der Waals surface area contributed by atoms with Crippen molar-refractivity contribution in [1.82, 2.24) is 20.0 Å². The lowest BCUT2D eigenvalue weighted by Crippen LogP contribution is -2.42. The van der Waals surface area contributed by atoms with Crippen molar-refractivity contribution in [1.29, 1.82) is 0 Å². The third kappa shape index (κ3) is 4.43. The summed E-state index contributed by atoms with van der Waals surface area (Å²) in [5.74, 6) is -1.17. The van der Waals surface area contributed by atoms with Gasteiger partial charge in [0.1, 0.15) is 10.6 Å². The van der Waals surface area contributed by atoms with E-state index in [1.54, 1.807) is 18.2 Å². The number of nitro benzene ring substituents is 1. The third-order valence-electron chi connectivity index (χ3n) is 4.46. The van der Waals surface area contributed by atoms with Gasteiger partial charge in [0.25, 0.3) is 27.2 Å². The lowest BCUT2D eigenvalue weighted by molar-refractivity contribution is -0.385. The summed E-state index contributed by atoms with van der Waals surface area (Å²) >= 11 is 0. The van der Waals surface area contributed by atoms with E-state index in [0.717, 1.165) is 30.0 Å². The Bertz CT molecular complexity index is 1370. The summed E-state index contributed by atoms with van der Waals surface area (Å²) in [7, 11) is -3.20. The molecule has 32 heavy (non-hydrogen) atoms. The zero-order valence-corrected chi connectivity index (χ0v) is 17.9. The standard InChI is InChI=1S/C19H19N5O7S/c1-3-10-23-19(26)14-7-5-4-6-13(14)17(21-23)18(25)20-22-32(29,30)16-9-8-12(24(27)28)11-15(16)31-2/h4-9,11,22H,3,10H2,1-2H3,(H,20,25). The predicted octanol–water partition coefficient (Wildman–Crippen LogP) is 1.35. The number of amides is 1. The van der Waals surface area contributed by atoms with Crippen LogP contribution in [0.25, 0.3) is 10.8 Å². The summed E-state index contributed by atoms with van der Waals surface area (Å²) in [6.45, 7) is 2.12. The lowest BCUT2D eigenvalue weighted by atomic mass is 10.1. The molecular formula is C19H19N5O7S. The Morgan fingerprint density at radius 3 is 2.53 bits per heavy atom. The number of aromatic nitrogens is 2. The topological polar surface area (TPSA) is 163 Å². The first-order chi connectivity index (χ1) is 15.2. The summed E-state index contributed by atoms with van der Waals surface area (Å²) in [5, 5.41) is 15.5. The number of carbonyl (C=O) groups is 1. The molecule has 0 aliphatic carbocycles. The van der Waals surface area contributed by atoms with Crippen LogP contribution in [0.1, 0.15) is 23.8 Å². The van der Waals surface area contributed by atoms with Gasteiger partial charge in [-0.3, -0.25) is 25.1 Å². The van der Waals surface area contributed by atoms with Crippen molar-refractivity contribution in [3.8, 4) is 5.75 Å². The Kier molecular flexibility index (Phi) is 6.50. The molecule has 1 amide bonds. The van der Waals surface area contributed by atoms with Gasteiger partial charge in [-0.1, -0.05) is 25.1 Å². The van der Waals surface area contributed by atoms with Crippen LogP contribution in [0.5, 0.6) is 5.75 Å². The van der Waals surface area contributed by atoms with Crippen molar-refractivity contribution in [2.45, 2.75) is 24.8 Å². The van der Waals surface area contributed by atoms with Gasteiger partial charge in [-0.25, -0.2) is 13.1 Å². The molecule has 3 aromatic rings. The predicted molar refractivity (Wildman–Crippen MR) is 114 cm³/mol. The molecule has 0 radical (unpaired) electrons. The van der Waals surface area contributed by atoms with Crippen LogP contribution < -0.4 is 20.6 Å². The van der Waals surface area contributed by atoms with Crippen molar-refractivity contribution in [2.24, 2.45) is 0 Å². The number of fused-ring (bicyclic) bond motifs is 1. The maximum Gasteiger partial charge on any atom is 0.287 e. The van der Waals surface area contributed by atoms with Crippen LogP contribution in [0.2, 0.25) is 0 Å². The van der Waals surface area contributed by atoms with E-state index in [0.29, 0.717) is 6.42 Å². The molecule has 0 fully saturated rings. The molecule has 0 saturated carbocycles. The van der Waals surface area contributed by atoms with Gasteiger partial charge >= 0.3 is 0 Å². The number of nitro groups is 1. The molecular weight excluding hydrogens is 442 g/mol. The van der Waals surface area contributed by atoms with Gasteiger partial charge in [-0.05, 0) is 18.6 Å². The highest BCUT2D eigenvalue weighted by Crippen LogP contribution is 2.28. The van der Waals surface area contributed by atoms with Gasteiger partial charge in [0.15, 0.2) is 5.69 Å². The second-order valence-electron chi connectivity index (χ2n) is 6.57. The Morgan fingerprint density at radius 2 is 1.91 bits per heavy atom. The monoisotopic (exact) mass is 461 g/mol. The zero-order chi connectivity index (χ0) is 23.5. The first-order valence-electron chi connectivity index (χ1n) is 9.34. The van der Waals surface area contributed by atoms with Crippen LogP contribution >= 0.6 is 0 Å². The van der Waals surface area contributed by atoms with Crippen LogP contribution in [-0.2, 0) is 16.6 Å². The van der Waals surface area contributed by atoms with Crippen LogP contribution in [-0.4, -0.2) is 36.1 Å². The van der Waals surface area contributed by atoms with E-state index in [4.69, 9.17) is 4.74 Å². The molecule has 13 heteroatoms. The second kappa shape index (κ2) is 9.11. The van der Waals surface area contributed by atoms with Crippen LogP contribution in [0, 0.1) is 10.1 Å². The first kappa shape index (κ1) is 22.8. The summed E-state index contributed by atoms with van der Waals surface area (Å²) in [4.78, 5) is 37.0. The summed E-state index contributed by atoms with van der Waals surface area (Å²) < 4.78 is 31.4. The van der Waals surface area contributed by atoms with Gasteiger partial charge in [0, 0.05) is 18.0 Å². The highest BCUT2D eigenvalue weighted by molar-refractivity contribution is 7.89. The molecule has 0 aliphatic heterocycles. The number of nitrogens with zero attached hydrogens (tertiary/aromatic N) is 3. The molecule has 1 aromatic heterocycles. The van der Waals surface area contributed by atoms with Crippen molar-refractivity contribution < 1.29 is 22.9 Å². The molecule has 0 saturated heterocycles. The molecule has 0 bridgehead atoms. The van der Waals surface area contributed by atoms with E-state index < -0.39 is 25.7 Å². The first-order valence-corrected chi connectivity index (χ1v) is 10.8. The quantitative estimate of drug-likeness (QED) is 0.375. The fourth-order valence-corrected chi connectivity index (χ4v) is 3.98. The summed E-state index contributed by atoms with van der Waals surface area (Å²) in [5.41, 5.74) is 1.19. The summed E-state index contributed by atoms with van der Waals surface area (Å²) in [6.07, 6.45) is 0.596. The van der Waals surface area contributed by atoms with Crippen molar-refractivity contribution in [2.75, 3.05) is 7.11 Å². The maximum atomic E-state index is 12.8. The number of nitrogens with one attached hydrogen (secondary N) is 2. The number of non-ortho nitro benzene ring substituents is 1. The van der Waals surface area contributed by atoms with E-state index in [1.165, 1.54) is 6.07 Å². The second-order valence-corrected chi connectivity index (χ2v) is 8.23. The van der Waals surface area contributed by atoms with E-state index in [9.17, 15) is 28.1 Å². The number of hydrogen-bond donors (Lipinski definition) is 2. The van der Waals surface area contributed by atoms with Crippen molar-refractivity contribution in [3.63, 3.8) is 0 Å². The highest BCUT2D eigenvalue weighted by atomic mass is 32.2. The van der Waals surface area contributed by atoms with E-state index in [-0.39, 0.29) is 40.0 Å². The van der Waals surface area contributed by atoms with Gasteiger partial charge in [-0.2, -0.15) is 5.10 Å². The van der Waals surface area contributed by atoms with Crippen molar-refractivity contribution in [3.05, 3.63) is 68.6 Å². The minimum absolute atomic E-state index is 0.146. The Morgan fingerprint density at radius 1 is 1.22 bits per heavy atom. The number of methoxy groups -OCH3 is 1. The molecule has 0 aliphatic rings. The number of sulfonamides is 1. The fourth-order valence-electron chi connectivity index (χ4n) is 2.99. The highest BCUT2D eigenvalue weighted by Gasteiger charge is 2.24. The molecule has 168 valence electrons. The largest absolute Gasteiger partial charge is 0.495 e. The molecule has 12 nitrogen and oxygen atoms in total. The van der Waals surface area contributed by atoms with Crippen LogP contribution in [0.4, 0.5) is 5.69 Å². The fraction of sp³-hybridized carbons (Fsp3) is 0.211. The number of hydrogen-bond acceptors (Lipinski definition) is 8. The number of aryl methyl sites for hydroxylation is 1. The maximum absolute atomic E-state index is 12.8. The average molecular weight is 461 g/mol. The number of hydrazine groups is 1. The van der Waals surface area contributed by atoms with E-state index in [2.05, 4.69) is 10.5 Å². The minimum Gasteiger partial charge on any atom is -0.495 e. The number of rotatable bonds is 8. The van der Waals surface area contributed by atoms with Gasteiger partial charge in [0.05, 0.1) is 23.5 Å². The number of carbonyl (C=O) groups excluding carboxylic acids is 1. The van der Waals surface area contributed by atoms with Crippen LogP contribution in [0.3, 0.4) is 0 Å². The molecule has 2 N–H and O–H groups in total. The SMILES string of the molecule is CCCn1nc(C(=O)NNS(=O)(=O)c2ccc([N+](=O)[O-])cc2OC)c2ccccc2c1=O. The molecule has 0 atom stereocenters. The lowest BCUT2D eigenvalue weighted by Gasteiger charge is -2.13. The molecule has 2 aromatic carbocycles. The number of ether oxygens (including phenoxy) is 1. The van der Waals surface area contributed by atoms with Gasteiger partial charge in [0.2, 0.25) is 0 Å². The Hall–Kier alpha value is -3.84. The normalized spacial score (nSPS) is 11.3. The Labute approximate surface area is 182 Å². The molecule has 0 spiro atoms. The Balaban J connectivity index is 1.93. The molecule has 0 unspecified atom stereocenters. The minimum atomic E-state index is -4.36. The van der Waals surface area contributed by atoms with E-state index in [1.807, 2.05) is 11.8 Å². The third-order valence-corrected chi connectivity index (χ3v) is 5.75. The van der Waals surface area contributed by atoms with Gasteiger partial charge < -0.3 is 4.74 Å². The van der Waals surface area contributed by atoms with Crippen LogP contribution in [0.15, 0.2) is 52.2 Å². The molecule has 1 heterocycles.